The monoisotopic (exact) mass is 336 g/mol. The van der Waals surface area contributed by atoms with E-state index in [0.717, 1.165) is 21.2 Å². The number of halogens is 1. The highest BCUT2D eigenvalue weighted by atomic mass is 35.5. The summed E-state index contributed by atoms with van der Waals surface area (Å²) in [6.07, 6.45) is 1.12. The van der Waals surface area contributed by atoms with Crippen LogP contribution in [0.25, 0.3) is 0 Å². The highest BCUT2D eigenvalue weighted by Crippen LogP contribution is 2.20. The Morgan fingerprint density at radius 2 is 2.09 bits per heavy atom. The second-order valence-electron chi connectivity index (χ2n) is 4.89. The molecule has 0 unspecified atom stereocenters. The number of amides is 2. The Bertz CT molecular complexity index is 670. The molecule has 0 aliphatic carbocycles. The van der Waals surface area contributed by atoms with Crippen LogP contribution in [-0.2, 0) is 22.6 Å². The molecule has 0 saturated carbocycles. The van der Waals surface area contributed by atoms with Gasteiger partial charge in [0, 0.05) is 35.8 Å². The van der Waals surface area contributed by atoms with E-state index < -0.39 is 0 Å². The Kier molecular flexibility index (Phi) is 5.98. The van der Waals surface area contributed by atoms with E-state index in [1.165, 1.54) is 6.92 Å². The molecule has 6 heteroatoms. The molecule has 1 aromatic carbocycles. The van der Waals surface area contributed by atoms with Gasteiger partial charge in [-0.25, -0.2) is 0 Å². The number of aryl methyl sites for hydroxylation is 1. The highest BCUT2D eigenvalue weighted by Gasteiger charge is 2.05. The Morgan fingerprint density at radius 1 is 1.27 bits per heavy atom. The minimum Gasteiger partial charge on any atom is -0.352 e. The molecule has 116 valence electrons. The van der Waals surface area contributed by atoms with Gasteiger partial charge in [0.1, 0.15) is 0 Å². The first-order valence-electron chi connectivity index (χ1n) is 6.89. The standard InChI is InChI=1S/C16H17ClN2O2S/c1-11(20)19-14-4-2-3-12(7-14)9-18-16(21)6-5-15-8-13(17)10-22-15/h2-4,7-8,10H,5-6,9H2,1H3,(H,18,21)(H,19,20). The first kappa shape index (κ1) is 16.5. The summed E-state index contributed by atoms with van der Waals surface area (Å²) in [6, 6.07) is 9.30. The SMILES string of the molecule is CC(=O)Nc1cccc(CNC(=O)CCc2cc(Cl)cs2)c1. The third-order valence-electron chi connectivity index (χ3n) is 2.96. The Balaban J connectivity index is 1.79. The molecule has 1 heterocycles. The van der Waals surface area contributed by atoms with E-state index in [1.54, 1.807) is 11.3 Å². The van der Waals surface area contributed by atoms with Crippen LogP contribution in [-0.4, -0.2) is 11.8 Å². The van der Waals surface area contributed by atoms with Crippen LogP contribution in [0.4, 0.5) is 5.69 Å². The van der Waals surface area contributed by atoms with Gasteiger partial charge in [-0.15, -0.1) is 11.3 Å². The summed E-state index contributed by atoms with van der Waals surface area (Å²) >= 11 is 7.41. The average Bonchev–Trinajstić information content (AvgIpc) is 2.88. The number of benzene rings is 1. The fourth-order valence-electron chi connectivity index (χ4n) is 1.97. The zero-order valence-electron chi connectivity index (χ0n) is 12.2. The van der Waals surface area contributed by atoms with Crippen LogP contribution in [0.2, 0.25) is 5.02 Å². The van der Waals surface area contributed by atoms with E-state index in [2.05, 4.69) is 10.6 Å². The van der Waals surface area contributed by atoms with Crippen LogP contribution in [0.5, 0.6) is 0 Å². The molecule has 1 aromatic heterocycles. The predicted octanol–water partition coefficient (Wildman–Crippen LogP) is 3.61. The van der Waals surface area contributed by atoms with E-state index in [4.69, 9.17) is 11.6 Å². The van der Waals surface area contributed by atoms with Crippen LogP contribution in [0, 0.1) is 0 Å². The molecule has 0 bridgehead atoms. The third-order valence-corrected chi connectivity index (χ3v) is 4.30. The Labute approximate surface area is 138 Å². The first-order chi connectivity index (χ1) is 10.5. The fraction of sp³-hybridized carbons (Fsp3) is 0.250. The molecular weight excluding hydrogens is 320 g/mol. The van der Waals surface area contributed by atoms with Crippen molar-refractivity contribution in [1.29, 1.82) is 0 Å². The summed E-state index contributed by atoms with van der Waals surface area (Å²) in [6.45, 7) is 1.91. The number of carbonyl (C=O) groups is 2. The van der Waals surface area contributed by atoms with Crippen molar-refractivity contribution < 1.29 is 9.59 Å². The predicted molar refractivity (Wildman–Crippen MR) is 90.2 cm³/mol. The fourth-order valence-corrected chi connectivity index (χ4v) is 3.05. The molecule has 0 aliphatic heterocycles. The molecule has 0 aliphatic rings. The maximum atomic E-state index is 11.8. The summed E-state index contributed by atoms with van der Waals surface area (Å²) < 4.78 is 0. The molecule has 4 nitrogen and oxygen atoms in total. The molecule has 2 amide bonds. The zero-order valence-corrected chi connectivity index (χ0v) is 13.8. The molecule has 0 radical (unpaired) electrons. The Morgan fingerprint density at radius 3 is 2.77 bits per heavy atom. The molecule has 0 saturated heterocycles. The first-order valence-corrected chi connectivity index (χ1v) is 8.15. The van der Waals surface area contributed by atoms with Gasteiger partial charge in [0.25, 0.3) is 0 Å². The smallest absolute Gasteiger partial charge is 0.221 e. The maximum Gasteiger partial charge on any atom is 0.221 e. The van der Waals surface area contributed by atoms with Crippen LogP contribution in [0.1, 0.15) is 23.8 Å². The minimum atomic E-state index is -0.115. The summed E-state index contributed by atoms with van der Waals surface area (Å²) in [4.78, 5) is 24.0. The van der Waals surface area contributed by atoms with Gasteiger partial charge in [-0.2, -0.15) is 0 Å². The van der Waals surface area contributed by atoms with Crippen molar-refractivity contribution in [3.05, 3.63) is 51.2 Å². The van der Waals surface area contributed by atoms with Gasteiger partial charge in [-0.1, -0.05) is 23.7 Å². The van der Waals surface area contributed by atoms with Crippen LogP contribution >= 0.6 is 22.9 Å². The Hall–Kier alpha value is -1.85. The second-order valence-corrected chi connectivity index (χ2v) is 6.32. The number of carbonyl (C=O) groups excluding carboxylic acids is 2. The highest BCUT2D eigenvalue weighted by molar-refractivity contribution is 7.10. The number of rotatable bonds is 6. The maximum absolute atomic E-state index is 11.8. The lowest BCUT2D eigenvalue weighted by molar-refractivity contribution is -0.121. The molecule has 0 spiro atoms. The summed E-state index contributed by atoms with van der Waals surface area (Å²) in [5.74, 6) is -0.120. The van der Waals surface area contributed by atoms with Gasteiger partial charge >= 0.3 is 0 Å². The third kappa shape index (κ3) is 5.50. The second kappa shape index (κ2) is 7.96. The number of nitrogens with one attached hydrogen (secondary N) is 2. The number of anilines is 1. The van der Waals surface area contributed by atoms with Crippen LogP contribution in [0.15, 0.2) is 35.7 Å². The van der Waals surface area contributed by atoms with E-state index in [1.807, 2.05) is 35.7 Å². The van der Waals surface area contributed by atoms with Crippen molar-refractivity contribution in [3.63, 3.8) is 0 Å². The molecule has 2 aromatic rings. The number of hydrogen-bond acceptors (Lipinski definition) is 3. The molecular formula is C16H17ClN2O2S. The van der Waals surface area contributed by atoms with Crippen molar-refractivity contribution in [1.82, 2.24) is 5.32 Å². The van der Waals surface area contributed by atoms with E-state index >= 15 is 0 Å². The van der Waals surface area contributed by atoms with Crippen molar-refractivity contribution in [3.8, 4) is 0 Å². The lowest BCUT2D eigenvalue weighted by Gasteiger charge is -2.07. The van der Waals surface area contributed by atoms with Gasteiger partial charge in [-0.05, 0) is 30.2 Å². The molecule has 22 heavy (non-hydrogen) atoms. The summed E-state index contributed by atoms with van der Waals surface area (Å²) in [5, 5.41) is 8.18. The van der Waals surface area contributed by atoms with Gasteiger partial charge in [0.15, 0.2) is 0 Å². The molecule has 2 N–H and O–H groups in total. The van der Waals surface area contributed by atoms with Crippen molar-refractivity contribution in [2.45, 2.75) is 26.3 Å². The normalized spacial score (nSPS) is 10.3. The van der Waals surface area contributed by atoms with E-state index in [-0.39, 0.29) is 11.8 Å². The topological polar surface area (TPSA) is 58.2 Å². The summed E-state index contributed by atoms with van der Waals surface area (Å²) in [5.41, 5.74) is 1.67. The molecule has 2 rings (SSSR count). The van der Waals surface area contributed by atoms with E-state index in [9.17, 15) is 9.59 Å². The van der Waals surface area contributed by atoms with Crippen molar-refractivity contribution in [2.24, 2.45) is 0 Å². The van der Waals surface area contributed by atoms with Crippen LogP contribution < -0.4 is 10.6 Å². The van der Waals surface area contributed by atoms with Gasteiger partial charge in [0.05, 0.1) is 5.02 Å². The lowest BCUT2D eigenvalue weighted by Crippen LogP contribution is -2.23. The van der Waals surface area contributed by atoms with E-state index in [0.29, 0.717) is 19.4 Å². The van der Waals surface area contributed by atoms with Crippen molar-refractivity contribution >= 4 is 40.4 Å². The quantitative estimate of drug-likeness (QED) is 0.846. The van der Waals surface area contributed by atoms with Gasteiger partial charge in [-0.3, -0.25) is 9.59 Å². The van der Waals surface area contributed by atoms with Crippen molar-refractivity contribution in [2.75, 3.05) is 5.32 Å². The summed E-state index contributed by atoms with van der Waals surface area (Å²) in [7, 11) is 0. The average molecular weight is 337 g/mol. The number of thiophene rings is 1. The van der Waals surface area contributed by atoms with Gasteiger partial charge < -0.3 is 10.6 Å². The largest absolute Gasteiger partial charge is 0.352 e. The zero-order chi connectivity index (χ0) is 15.9. The number of hydrogen-bond donors (Lipinski definition) is 2. The molecule has 0 fully saturated rings. The lowest BCUT2D eigenvalue weighted by atomic mass is 10.2. The van der Waals surface area contributed by atoms with Gasteiger partial charge in [0.2, 0.25) is 11.8 Å². The van der Waals surface area contributed by atoms with Crippen LogP contribution in [0.3, 0.4) is 0 Å². The minimum absolute atomic E-state index is 0.00514. The molecule has 0 atom stereocenters.